The molecule has 0 bridgehead atoms. The van der Waals surface area contributed by atoms with Gasteiger partial charge < -0.3 is 20.5 Å². The Kier molecular flexibility index (Phi) is 6.08. The Balaban J connectivity index is 1.95. The summed E-state index contributed by atoms with van der Waals surface area (Å²) < 4.78 is 10.2. The lowest BCUT2D eigenvalue weighted by atomic mass is 10.2. The van der Waals surface area contributed by atoms with Crippen LogP contribution in [0.3, 0.4) is 0 Å². The van der Waals surface area contributed by atoms with Crippen molar-refractivity contribution in [3.63, 3.8) is 0 Å². The average Bonchev–Trinajstić information content (AvgIpc) is 3.13. The molecule has 0 aliphatic rings. The lowest BCUT2D eigenvalue weighted by molar-refractivity contribution is 0.0520. The van der Waals surface area contributed by atoms with Crippen molar-refractivity contribution in [1.29, 1.82) is 0 Å². The third-order valence-corrected chi connectivity index (χ3v) is 3.92. The second-order valence-corrected chi connectivity index (χ2v) is 6.08. The van der Waals surface area contributed by atoms with Crippen LogP contribution in [-0.2, 0) is 4.74 Å². The number of nitrogen functional groups attached to an aromatic ring is 1. The highest BCUT2D eigenvalue weighted by Crippen LogP contribution is 2.24. The third-order valence-electron chi connectivity index (χ3n) is 3.92. The van der Waals surface area contributed by atoms with Crippen LogP contribution in [0.1, 0.15) is 34.5 Å². The highest BCUT2D eigenvalue weighted by molar-refractivity contribution is 5.96. The predicted molar refractivity (Wildman–Crippen MR) is 111 cm³/mol. The predicted octanol–water partition coefficient (Wildman–Crippen LogP) is 3.19. The number of hydrogen-bond donors (Lipinski definition) is 3. The van der Waals surface area contributed by atoms with Crippen molar-refractivity contribution in [2.24, 2.45) is 0 Å². The van der Waals surface area contributed by atoms with Gasteiger partial charge in [-0.15, -0.1) is 0 Å². The number of H-pyrrole nitrogens is 1. The summed E-state index contributed by atoms with van der Waals surface area (Å²) in [5.41, 5.74) is 7.98. The Labute approximate surface area is 168 Å². The number of aromatic amines is 1. The molecule has 0 aliphatic heterocycles. The van der Waals surface area contributed by atoms with E-state index in [-0.39, 0.29) is 23.8 Å². The number of nitrogens with one attached hydrogen (secondary N) is 2. The number of aryl methyl sites for hydroxylation is 1. The molecule has 0 saturated carbocycles. The largest absolute Gasteiger partial charge is 0.497 e. The van der Waals surface area contributed by atoms with Gasteiger partial charge in [-0.1, -0.05) is 18.2 Å². The van der Waals surface area contributed by atoms with Gasteiger partial charge in [0, 0.05) is 11.8 Å². The molecule has 0 saturated heterocycles. The molecule has 9 heteroatoms. The van der Waals surface area contributed by atoms with Gasteiger partial charge in [-0.2, -0.15) is 5.10 Å². The van der Waals surface area contributed by atoms with E-state index in [2.05, 4.69) is 25.5 Å². The first-order chi connectivity index (χ1) is 14.0. The number of rotatable bonds is 7. The number of esters is 1. The summed E-state index contributed by atoms with van der Waals surface area (Å²) in [6.45, 7) is 3.79. The number of carbonyl (C=O) groups is 1. The van der Waals surface area contributed by atoms with E-state index in [9.17, 15) is 4.79 Å². The number of nitrogens with zero attached hydrogens (tertiary/aromatic N) is 3. The minimum absolute atomic E-state index is 0.00834. The molecule has 1 aromatic carbocycles. The van der Waals surface area contributed by atoms with Gasteiger partial charge in [-0.25, -0.2) is 14.8 Å². The third kappa shape index (κ3) is 4.89. The minimum atomic E-state index is -0.618. The highest BCUT2D eigenvalue weighted by atomic mass is 16.5. The summed E-state index contributed by atoms with van der Waals surface area (Å²) in [6.07, 6.45) is 3.51. The average molecular weight is 394 g/mol. The van der Waals surface area contributed by atoms with Crippen molar-refractivity contribution in [2.75, 3.05) is 24.8 Å². The summed E-state index contributed by atoms with van der Waals surface area (Å²) in [7, 11) is 1.61. The van der Waals surface area contributed by atoms with Crippen LogP contribution in [-0.4, -0.2) is 39.9 Å². The summed E-state index contributed by atoms with van der Waals surface area (Å²) >= 11 is 0. The van der Waals surface area contributed by atoms with Crippen LogP contribution in [0.5, 0.6) is 5.75 Å². The zero-order chi connectivity index (χ0) is 20.8. The zero-order valence-corrected chi connectivity index (χ0v) is 16.4. The van der Waals surface area contributed by atoms with Crippen LogP contribution in [0.2, 0.25) is 0 Å². The van der Waals surface area contributed by atoms with E-state index in [0.29, 0.717) is 11.6 Å². The quantitative estimate of drug-likeness (QED) is 0.521. The lowest BCUT2D eigenvalue weighted by Crippen LogP contribution is -2.14. The Morgan fingerprint density at radius 1 is 1.24 bits per heavy atom. The normalized spacial score (nSPS) is 10.9. The zero-order valence-electron chi connectivity index (χ0n) is 16.4. The molecule has 0 fully saturated rings. The molecule has 0 unspecified atom stereocenters. The van der Waals surface area contributed by atoms with Crippen LogP contribution in [0.25, 0.3) is 12.2 Å². The molecule has 0 amide bonds. The Morgan fingerprint density at radius 3 is 2.62 bits per heavy atom. The van der Waals surface area contributed by atoms with E-state index in [1.165, 1.54) is 0 Å². The lowest BCUT2D eigenvalue weighted by Gasteiger charge is -2.11. The van der Waals surface area contributed by atoms with Crippen LogP contribution in [0, 0.1) is 6.92 Å². The second kappa shape index (κ2) is 8.87. The second-order valence-electron chi connectivity index (χ2n) is 6.08. The maximum Gasteiger partial charge on any atom is 0.359 e. The Hall–Kier alpha value is -3.88. The van der Waals surface area contributed by atoms with Gasteiger partial charge in [0.1, 0.15) is 11.4 Å². The molecule has 29 heavy (non-hydrogen) atoms. The first kappa shape index (κ1) is 19.9. The standard InChI is InChI=1S/C20H22N6O3/c1-4-29-20(27)18-17(21)19(24-16-11-12(2)25-26-16)23-15(22-18)10-7-13-5-8-14(28-3)9-6-13/h5-11H,4,21H2,1-3H3,(H2,22,23,24,25,26)/b10-7+. The Bertz CT molecular complexity index is 1030. The van der Waals surface area contributed by atoms with Gasteiger partial charge in [0.05, 0.1) is 13.7 Å². The number of methoxy groups -OCH3 is 1. The van der Waals surface area contributed by atoms with Crippen molar-refractivity contribution in [2.45, 2.75) is 13.8 Å². The molecule has 4 N–H and O–H groups in total. The van der Waals surface area contributed by atoms with Gasteiger partial charge in [-0.05, 0) is 37.6 Å². The molecule has 0 atom stereocenters. The number of hydrogen-bond acceptors (Lipinski definition) is 8. The smallest absolute Gasteiger partial charge is 0.359 e. The molecule has 0 aliphatic carbocycles. The molecule has 150 valence electrons. The highest BCUT2D eigenvalue weighted by Gasteiger charge is 2.19. The van der Waals surface area contributed by atoms with E-state index in [1.54, 1.807) is 26.2 Å². The number of carbonyl (C=O) groups excluding carboxylic acids is 1. The number of benzene rings is 1. The summed E-state index contributed by atoms with van der Waals surface area (Å²) in [6, 6.07) is 9.27. The van der Waals surface area contributed by atoms with Gasteiger partial charge in [-0.3, -0.25) is 5.10 Å². The van der Waals surface area contributed by atoms with Crippen LogP contribution in [0.15, 0.2) is 30.3 Å². The number of ether oxygens (including phenoxy) is 2. The minimum Gasteiger partial charge on any atom is -0.497 e. The molecule has 2 aromatic heterocycles. The Morgan fingerprint density at radius 2 is 2.00 bits per heavy atom. The fourth-order valence-corrected chi connectivity index (χ4v) is 2.50. The van der Waals surface area contributed by atoms with E-state index in [1.807, 2.05) is 37.3 Å². The van der Waals surface area contributed by atoms with Crippen molar-refractivity contribution in [3.8, 4) is 5.75 Å². The van der Waals surface area contributed by atoms with Crippen LogP contribution in [0.4, 0.5) is 17.3 Å². The van der Waals surface area contributed by atoms with Crippen LogP contribution < -0.4 is 15.8 Å². The topological polar surface area (TPSA) is 128 Å². The number of nitrogens with two attached hydrogens (primary N) is 1. The van der Waals surface area contributed by atoms with E-state index in [4.69, 9.17) is 15.2 Å². The SMILES string of the molecule is CCOC(=O)c1nc(/C=C/c2ccc(OC)cc2)nc(Nc2cc(C)[nH]n2)c1N. The molecule has 0 spiro atoms. The van der Waals surface area contributed by atoms with E-state index < -0.39 is 5.97 Å². The number of aromatic nitrogens is 4. The fourth-order valence-electron chi connectivity index (χ4n) is 2.50. The maximum absolute atomic E-state index is 12.3. The van der Waals surface area contributed by atoms with Crippen LogP contribution >= 0.6 is 0 Å². The molecule has 3 aromatic rings. The summed E-state index contributed by atoms with van der Waals surface area (Å²) in [5.74, 6) is 1.23. The van der Waals surface area contributed by atoms with E-state index >= 15 is 0 Å². The molecular formula is C20H22N6O3. The monoisotopic (exact) mass is 394 g/mol. The molecule has 3 rings (SSSR count). The van der Waals surface area contributed by atoms with Crippen molar-refractivity contribution in [3.05, 3.63) is 53.1 Å². The molecule has 2 heterocycles. The summed E-state index contributed by atoms with van der Waals surface area (Å²) in [4.78, 5) is 21.0. The fraction of sp³-hybridized carbons (Fsp3) is 0.200. The van der Waals surface area contributed by atoms with Crippen molar-refractivity contribution >= 4 is 35.4 Å². The molecule has 0 radical (unpaired) electrons. The first-order valence-corrected chi connectivity index (χ1v) is 8.96. The first-order valence-electron chi connectivity index (χ1n) is 8.96. The van der Waals surface area contributed by atoms with Gasteiger partial charge >= 0.3 is 5.97 Å². The molecule has 9 nitrogen and oxygen atoms in total. The maximum atomic E-state index is 12.3. The van der Waals surface area contributed by atoms with Crippen molar-refractivity contribution < 1.29 is 14.3 Å². The summed E-state index contributed by atoms with van der Waals surface area (Å²) in [5, 5.41) is 9.94. The van der Waals surface area contributed by atoms with Crippen molar-refractivity contribution in [1.82, 2.24) is 20.2 Å². The van der Waals surface area contributed by atoms with E-state index in [0.717, 1.165) is 17.0 Å². The molecular weight excluding hydrogens is 372 g/mol. The van der Waals surface area contributed by atoms with Gasteiger partial charge in [0.2, 0.25) is 0 Å². The van der Waals surface area contributed by atoms with Gasteiger partial charge in [0.25, 0.3) is 0 Å². The van der Waals surface area contributed by atoms with Gasteiger partial charge in [0.15, 0.2) is 23.2 Å². The number of anilines is 3.